The van der Waals surface area contributed by atoms with Gasteiger partial charge in [0.05, 0.1) is 0 Å². The van der Waals surface area contributed by atoms with Gasteiger partial charge in [0, 0.05) is 24.8 Å². The van der Waals surface area contributed by atoms with Gasteiger partial charge >= 0.3 is 0 Å². The van der Waals surface area contributed by atoms with E-state index in [0.717, 1.165) is 6.54 Å². The summed E-state index contributed by atoms with van der Waals surface area (Å²) in [5, 5.41) is 3.65. The van der Waals surface area contributed by atoms with Crippen molar-refractivity contribution in [2.24, 2.45) is 0 Å². The maximum Gasteiger partial charge on any atom is 0.0366 e. The highest BCUT2D eigenvalue weighted by Crippen LogP contribution is 2.17. The van der Waals surface area contributed by atoms with Crippen molar-refractivity contribution in [1.82, 2.24) is 5.32 Å². The smallest absolute Gasteiger partial charge is 0.0366 e. The minimum atomic E-state index is 0.677. The Bertz CT molecular complexity index is 317. The standard InChI is InChI=1S/C16H26N2/c1-2-3-13-18(16-10-5-4-6-11-16)14-15-9-7-8-12-17-15/h4-6,10-11,15,17H,2-3,7-9,12-14H2,1H3. The van der Waals surface area contributed by atoms with Gasteiger partial charge in [-0.15, -0.1) is 0 Å². The van der Waals surface area contributed by atoms with Gasteiger partial charge in [0.2, 0.25) is 0 Å². The third-order valence-electron chi connectivity index (χ3n) is 3.76. The fourth-order valence-corrected chi connectivity index (χ4v) is 2.66. The van der Waals surface area contributed by atoms with Gasteiger partial charge in [0.25, 0.3) is 0 Å². The summed E-state index contributed by atoms with van der Waals surface area (Å²) in [4.78, 5) is 2.55. The molecule has 1 heterocycles. The Kier molecular flexibility index (Phi) is 5.53. The number of rotatable bonds is 6. The van der Waals surface area contributed by atoms with E-state index >= 15 is 0 Å². The SMILES string of the molecule is CCCCN(CC1CCCCN1)c1ccccc1. The van der Waals surface area contributed by atoms with Crippen LogP contribution in [0.3, 0.4) is 0 Å². The normalized spacial score (nSPS) is 19.7. The molecule has 0 amide bonds. The second kappa shape index (κ2) is 7.42. The Balaban J connectivity index is 1.95. The van der Waals surface area contributed by atoms with Crippen LogP contribution in [0.4, 0.5) is 5.69 Å². The highest BCUT2D eigenvalue weighted by molar-refractivity contribution is 5.46. The molecule has 0 bridgehead atoms. The zero-order valence-corrected chi connectivity index (χ0v) is 11.6. The topological polar surface area (TPSA) is 15.3 Å². The molecule has 0 radical (unpaired) electrons. The van der Waals surface area contributed by atoms with E-state index < -0.39 is 0 Å². The number of anilines is 1. The molecular weight excluding hydrogens is 220 g/mol. The minimum Gasteiger partial charge on any atom is -0.370 e. The Morgan fingerprint density at radius 2 is 2.06 bits per heavy atom. The summed E-state index contributed by atoms with van der Waals surface area (Å²) in [5.41, 5.74) is 1.37. The van der Waals surface area contributed by atoms with E-state index in [1.807, 2.05) is 0 Å². The molecule has 2 rings (SSSR count). The first-order valence-corrected chi connectivity index (χ1v) is 7.43. The molecule has 1 aliphatic heterocycles. The van der Waals surface area contributed by atoms with Gasteiger partial charge in [-0.05, 0) is 37.9 Å². The van der Waals surface area contributed by atoms with Crippen molar-refractivity contribution < 1.29 is 0 Å². The molecule has 0 aromatic heterocycles. The van der Waals surface area contributed by atoms with Crippen molar-refractivity contribution in [3.05, 3.63) is 30.3 Å². The molecule has 1 saturated heterocycles. The van der Waals surface area contributed by atoms with E-state index in [0.29, 0.717) is 6.04 Å². The van der Waals surface area contributed by atoms with Crippen LogP contribution in [-0.4, -0.2) is 25.7 Å². The molecule has 1 aromatic carbocycles. The van der Waals surface area contributed by atoms with Crippen molar-refractivity contribution >= 4 is 5.69 Å². The van der Waals surface area contributed by atoms with Crippen molar-refractivity contribution in [2.45, 2.75) is 45.1 Å². The molecule has 1 fully saturated rings. The van der Waals surface area contributed by atoms with Crippen LogP contribution < -0.4 is 10.2 Å². The van der Waals surface area contributed by atoms with Gasteiger partial charge in [-0.2, -0.15) is 0 Å². The Hall–Kier alpha value is -1.02. The third-order valence-corrected chi connectivity index (χ3v) is 3.76. The summed E-state index contributed by atoms with van der Waals surface area (Å²) >= 11 is 0. The number of nitrogens with zero attached hydrogens (tertiary/aromatic N) is 1. The summed E-state index contributed by atoms with van der Waals surface area (Å²) in [6.45, 7) is 5.80. The lowest BCUT2D eigenvalue weighted by atomic mass is 10.0. The average molecular weight is 246 g/mol. The molecule has 1 atom stereocenters. The number of piperidine rings is 1. The molecule has 1 unspecified atom stereocenters. The lowest BCUT2D eigenvalue weighted by Gasteiger charge is -2.32. The fourth-order valence-electron chi connectivity index (χ4n) is 2.66. The van der Waals surface area contributed by atoms with E-state index in [1.54, 1.807) is 0 Å². The summed E-state index contributed by atoms with van der Waals surface area (Å²) < 4.78 is 0. The van der Waals surface area contributed by atoms with E-state index in [2.05, 4.69) is 47.5 Å². The second-order valence-electron chi connectivity index (χ2n) is 5.28. The summed E-state index contributed by atoms with van der Waals surface area (Å²) in [6.07, 6.45) is 6.60. The van der Waals surface area contributed by atoms with Crippen molar-refractivity contribution in [3.63, 3.8) is 0 Å². The Morgan fingerprint density at radius 1 is 1.22 bits per heavy atom. The van der Waals surface area contributed by atoms with Crippen LogP contribution in [0.25, 0.3) is 0 Å². The molecule has 2 nitrogen and oxygen atoms in total. The molecule has 100 valence electrons. The van der Waals surface area contributed by atoms with Crippen LogP contribution in [0.15, 0.2) is 30.3 Å². The van der Waals surface area contributed by atoms with Gasteiger partial charge in [0.15, 0.2) is 0 Å². The Morgan fingerprint density at radius 3 is 2.72 bits per heavy atom. The third kappa shape index (κ3) is 4.02. The van der Waals surface area contributed by atoms with E-state index in [-0.39, 0.29) is 0 Å². The molecule has 1 aliphatic rings. The fraction of sp³-hybridized carbons (Fsp3) is 0.625. The minimum absolute atomic E-state index is 0.677. The number of benzene rings is 1. The van der Waals surface area contributed by atoms with Gasteiger partial charge in [-0.3, -0.25) is 0 Å². The summed E-state index contributed by atoms with van der Waals surface area (Å²) in [7, 11) is 0. The molecular formula is C16H26N2. The maximum atomic E-state index is 3.65. The van der Waals surface area contributed by atoms with Crippen LogP contribution >= 0.6 is 0 Å². The van der Waals surface area contributed by atoms with Gasteiger partial charge in [0.1, 0.15) is 0 Å². The first kappa shape index (κ1) is 13.4. The van der Waals surface area contributed by atoms with Gasteiger partial charge < -0.3 is 10.2 Å². The molecule has 1 aromatic rings. The summed E-state index contributed by atoms with van der Waals surface area (Å²) in [5.74, 6) is 0. The first-order valence-electron chi connectivity index (χ1n) is 7.43. The number of para-hydroxylation sites is 1. The first-order chi connectivity index (χ1) is 8.90. The van der Waals surface area contributed by atoms with Crippen molar-refractivity contribution in [1.29, 1.82) is 0 Å². The van der Waals surface area contributed by atoms with Gasteiger partial charge in [-0.1, -0.05) is 38.0 Å². The quantitative estimate of drug-likeness (QED) is 0.827. The molecule has 18 heavy (non-hydrogen) atoms. The lowest BCUT2D eigenvalue weighted by molar-refractivity contribution is 0.398. The average Bonchev–Trinajstić information content (AvgIpc) is 2.45. The lowest BCUT2D eigenvalue weighted by Crippen LogP contribution is -2.44. The zero-order chi connectivity index (χ0) is 12.6. The second-order valence-corrected chi connectivity index (χ2v) is 5.28. The van der Waals surface area contributed by atoms with E-state index in [1.165, 1.54) is 50.9 Å². The predicted octanol–water partition coefficient (Wildman–Crippen LogP) is 3.44. The number of hydrogen-bond acceptors (Lipinski definition) is 2. The molecule has 0 saturated carbocycles. The number of nitrogens with one attached hydrogen (secondary N) is 1. The molecule has 2 heteroatoms. The monoisotopic (exact) mass is 246 g/mol. The van der Waals surface area contributed by atoms with Crippen molar-refractivity contribution in [3.8, 4) is 0 Å². The number of unbranched alkanes of at least 4 members (excludes halogenated alkanes) is 1. The van der Waals surface area contributed by atoms with E-state index in [4.69, 9.17) is 0 Å². The molecule has 0 aliphatic carbocycles. The maximum absolute atomic E-state index is 3.65. The molecule has 1 N–H and O–H groups in total. The number of hydrogen-bond donors (Lipinski definition) is 1. The predicted molar refractivity (Wildman–Crippen MR) is 79.2 cm³/mol. The Labute approximate surface area is 111 Å². The van der Waals surface area contributed by atoms with Crippen LogP contribution in [-0.2, 0) is 0 Å². The van der Waals surface area contributed by atoms with Crippen LogP contribution in [0, 0.1) is 0 Å². The van der Waals surface area contributed by atoms with Crippen LogP contribution in [0.2, 0.25) is 0 Å². The van der Waals surface area contributed by atoms with Crippen LogP contribution in [0.5, 0.6) is 0 Å². The van der Waals surface area contributed by atoms with E-state index in [9.17, 15) is 0 Å². The highest BCUT2D eigenvalue weighted by Gasteiger charge is 2.16. The van der Waals surface area contributed by atoms with Crippen molar-refractivity contribution in [2.75, 3.05) is 24.5 Å². The molecule has 0 spiro atoms. The van der Waals surface area contributed by atoms with Gasteiger partial charge in [-0.25, -0.2) is 0 Å². The largest absolute Gasteiger partial charge is 0.370 e. The zero-order valence-electron chi connectivity index (χ0n) is 11.6. The highest BCUT2D eigenvalue weighted by atomic mass is 15.2. The van der Waals surface area contributed by atoms with Crippen LogP contribution in [0.1, 0.15) is 39.0 Å². The summed E-state index contributed by atoms with van der Waals surface area (Å²) in [6, 6.07) is 11.5.